The predicted octanol–water partition coefficient (Wildman–Crippen LogP) is 4.09. The van der Waals surface area contributed by atoms with Gasteiger partial charge in [0.15, 0.2) is 17.7 Å². The minimum atomic E-state index is -0.856. The third kappa shape index (κ3) is 4.35. The highest BCUT2D eigenvalue weighted by Gasteiger charge is 2.18. The molecule has 0 aliphatic carbocycles. The van der Waals surface area contributed by atoms with Gasteiger partial charge in [-0.05, 0) is 43.3 Å². The van der Waals surface area contributed by atoms with Crippen LogP contribution in [0, 0.1) is 11.6 Å². The minimum Gasteiger partial charge on any atom is -0.481 e. The van der Waals surface area contributed by atoms with Gasteiger partial charge >= 0.3 is 0 Å². The van der Waals surface area contributed by atoms with Crippen LogP contribution in [0.1, 0.15) is 6.92 Å². The molecule has 24 heavy (non-hydrogen) atoms. The molecule has 0 radical (unpaired) electrons. The first-order valence-electron chi connectivity index (χ1n) is 7.17. The Hall–Kier alpha value is -2.34. The lowest BCUT2D eigenvalue weighted by Gasteiger charge is -2.17. The number of rotatable bonds is 5. The maximum Gasteiger partial charge on any atom is 0.265 e. The van der Waals surface area contributed by atoms with E-state index in [0.29, 0.717) is 10.8 Å². The average Bonchev–Trinajstić information content (AvgIpc) is 2.48. The lowest BCUT2D eigenvalue weighted by atomic mass is 10.2. The van der Waals surface area contributed by atoms with E-state index in [2.05, 4.69) is 5.32 Å². The number of nitrogens with zero attached hydrogens (tertiary/aromatic N) is 1. The molecule has 0 saturated carbocycles. The standard InChI is InChI=1S/C17H17ClF2N2O2/c1-10(24-13-6-4-11(18)5-7-13)17(23)21-12-8-14(19)16(22(2)3)15(20)9-12/h4-10H,1-3H3,(H,21,23). The van der Waals surface area contributed by atoms with Crippen molar-refractivity contribution < 1.29 is 18.3 Å². The monoisotopic (exact) mass is 354 g/mol. The van der Waals surface area contributed by atoms with Gasteiger partial charge in [-0.15, -0.1) is 0 Å². The lowest BCUT2D eigenvalue weighted by molar-refractivity contribution is -0.122. The minimum absolute atomic E-state index is 0.0205. The molecule has 0 aliphatic heterocycles. The number of amides is 1. The Morgan fingerprint density at radius 1 is 1.17 bits per heavy atom. The quantitative estimate of drug-likeness (QED) is 0.879. The Kier molecular flexibility index (Phi) is 5.62. The van der Waals surface area contributed by atoms with Crippen molar-refractivity contribution in [1.82, 2.24) is 0 Å². The molecule has 7 heteroatoms. The zero-order valence-electron chi connectivity index (χ0n) is 13.4. The summed E-state index contributed by atoms with van der Waals surface area (Å²) in [5, 5.41) is 2.98. The molecule has 0 aromatic heterocycles. The van der Waals surface area contributed by atoms with Crippen LogP contribution in [0.25, 0.3) is 0 Å². The molecule has 4 nitrogen and oxygen atoms in total. The summed E-state index contributed by atoms with van der Waals surface area (Å²) in [6.45, 7) is 1.53. The Labute approximate surface area is 144 Å². The highest BCUT2D eigenvalue weighted by Crippen LogP contribution is 2.26. The van der Waals surface area contributed by atoms with Crippen LogP contribution >= 0.6 is 11.6 Å². The zero-order valence-corrected chi connectivity index (χ0v) is 14.2. The second-order valence-corrected chi connectivity index (χ2v) is 5.82. The van der Waals surface area contributed by atoms with Crippen molar-refractivity contribution in [2.45, 2.75) is 13.0 Å². The molecule has 0 fully saturated rings. The van der Waals surface area contributed by atoms with Crippen molar-refractivity contribution >= 4 is 28.9 Å². The van der Waals surface area contributed by atoms with Gasteiger partial charge in [0.1, 0.15) is 11.4 Å². The number of halogens is 3. The highest BCUT2D eigenvalue weighted by molar-refractivity contribution is 6.30. The predicted molar refractivity (Wildman–Crippen MR) is 90.9 cm³/mol. The van der Waals surface area contributed by atoms with E-state index >= 15 is 0 Å². The van der Waals surface area contributed by atoms with E-state index in [4.69, 9.17) is 16.3 Å². The van der Waals surface area contributed by atoms with Crippen LogP contribution in [0.3, 0.4) is 0 Å². The molecular weight excluding hydrogens is 338 g/mol. The second-order valence-electron chi connectivity index (χ2n) is 5.39. The van der Waals surface area contributed by atoms with E-state index in [1.54, 1.807) is 24.3 Å². The van der Waals surface area contributed by atoms with Gasteiger partial charge in [0.25, 0.3) is 5.91 Å². The highest BCUT2D eigenvalue weighted by atomic mass is 35.5. The summed E-state index contributed by atoms with van der Waals surface area (Å²) in [5.41, 5.74) is -0.148. The van der Waals surface area contributed by atoms with Crippen LogP contribution in [0.4, 0.5) is 20.2 Å². The SMILES string of the molecule is CC(Oc1ccc(Cl)cc1)C(=O)Nc1cc(F)c(N(C)C)c(F)c1. The Morgan fingerprint density at radius 2 is 1.71 bits per heavy atom. The molecule has 128 valence electrons. The van der Waals surface area contributed by atoms with Gasteiger partial charge in [-0.3, -0.25) is 4.79 Å². The molecule has 1 atom stereocenters. The average molecular weight is 355 g/mol. The van der Waals surface area contributed by atoms with Gasteiger partial charge in [-0.25, -0.2) is 8.78 Å². The first-order chi connectivity index (χ1) is 11.3. The first-order valence-corrected chi connectivity index (χ1v) is 7.55. The summed E-state index contributed by atoms with van der Waals surface area (Å²) in [7, 11) is 3.06. The van der Waals surface area contributed by atoms with Crippen molar-refractivity contribution in [1.29, 1.82) is 0 Å². The number of carbonyl (C=O) groups is 1. The molecular formula is C17H17ClF2N2O2. The normalized spacial score (nSPS) is 11.8. The van der Waals surface area contributed by atoms with Crippen LogP contribution in [-0.2, 0) is 4.79 Å². The number of nitrogens with one attached hydrogen (secondary N) is 1. The number of anilines is 2. The summed E-state index contributed by atoms with van der Waals surface area (Å²) < 4.78 is 33.3. The van der Waals surface area contributed by atoms with Crippen LogP contribution in [-0.4, -0.2) is 26.1 Å². The Bertz CT molecular complexity index is 713. The van der Waals surface area contributed by atoms with Crippen LogP contribution in [0.15, 0.2) is 36.4 Å². The Morgan fingerprint density at radius 3 is 2.21 bits per heavy atom. The largest absolute Gasteiger partial charge is 0.481 e. The van der Waals surface area contributed by atoms with E-state index in [9.17, 15) is 13.6 Å². The lowest BCUT2D eigenvalue weighted by Crippen LogP contribution is -2.30. The number of hydrogen-bond acceptors (Lipinski definition) is 3. The molecule has 2 rings (SSSR count). The van der Waals surface area contributed by atoms with Gasteiger partial charge in [-0.1, -0.05) is 11.6 Å². The summed E-state index contributed by atoms with van der Waals surface area (Å²) >= 11 is 5.77. The summed E-state index contributed by atoms with van der Waals surface area (Å²) in [5.74, 6) is -1.59. The molecule has 2 aromatic rings. The molecule has 0 bridgehead atoms. The van der Waals surface area contributed by atoms with E-state index < -0.39 is 23.6 Å². The fourth-order valence-corrected chi connectivity index (χ4v) is 2.21. The summed E-state index contributed by atoms with van der Waals surface area (Å²) in [4.78, 5) is 13.4. The molecule has 1 amide bonds. The van der Waals surface area contributed by atoms with E-state index in [0.717, 1.165) is 12.1 Å². The van der Waals surface area contributed by atoms with E-state index in [1.807, 2.05) is 0 Å². The first kappa shape index (κ1) is 18.0. The molecule has 1 N–H and O–H groups in total. The van der Waals surface area contributed by atoms with Crippen molar-refractivity contribution in [3.8, 4) is 5.75 Å². The second kappa shape index (κ2) is 7.49. The fourth-order valence-electron chi connectivity index (χ4n) is 2.08. The van der Waals surface area contributed by atoms with Gasteiger partial charge in [0.05, 0.1) is 0 Å². The molecule has 0 aliphatic rings. The molecule has 2 aromatic carbocycles. The summed E-state index contributed by atoms with van der Waals surface area (Å²) in [6, 6.07) is 8.63. The van der Waals surface area contributed by atoms with Crippen LogP contribution in [0.2, 0.25) is 5.02 Å². The van der Waals surface area contributed by atoms with Gasteiger partial charge in [0, 0.05) is 24.8 Å². The van der Waals surface area contributed by atoms with E-state index in [1.165, 1.54) is 25.9 Å². The van der Waals surface area contributed by atoms with Crippen molar-refractivity contribution in [3.63, 3.8) is 0 Å². The number of ether oxygens (including phenoxy) is 1. The maximum atomic E-state index is 13.9. The third-order valence-electron chi connectivity index (χ3n) is 3.23. The zero-order chi connectivity index (χ0) is 17.9. The molecule has 1 unspecified atom stereocenters. The number of carbonyl (C=O) groups excluding carboxylic acids is 1. The Balaban J connectivity index is 2.07. The topological polar surface area (TPSA) is 41.6 Å². The van der Waals surface area contributed by atoms with Gasteiger partial charge in [-0.2, -0.15) is 0 Å². The number of hydrogen-bond donors (Lipinski definition) is 1. The summed E-state index contributed by atoms with van der Waals surface area (Å²) in [6.07, 6.45) is -0.856. The van der Waals surface area contributed by atoms with Crippen LogP contribution < -0.4 is 15.0 Å². The van der Waals surface area contributed by atoms with E-state index in [-0.39, 0.29) is 11.4 Å². The van der Waals surface area contributed by atoms with Crippen LogP contribution in [0.5, 0.6) is 5.75 Å². The maximum absolute atomic E-state index is 13.9. The molecule has 0 spiro atoms. The molecule has 0 saturated heterocycles. The van der Waals surface area contributed by atoms with Crippen molar-refractivity contribution in [2.75, 3.05) is 24.3 Å². The van der Waals surface area contributed by atoms with Gasteiger partial charge in [0.2, 0.25) is 0 Å². The third-order valence-corrected chi connectivity index (χ3v) is 3.48. The van der Waals surface area contributed by atoms with Crippen molar-refractivity contribution in [3.05, 3.63) is 53.1 Å². The fraction of sp³-hybridized carbons (Fsp3) is 0.235. The smallest absolute Gasteiger partial charge is 0.265 e. The van der Waals surface area contributed by atoms with Crippen molar-refractivity contribution in [2.24, 2.45) is 0 Å². The molecule has 0 heterocycles. The van der Waals surface area contributed by atoms with Gasteiger partial charge < -0.3 is 15.0 Å². The number of benzene rings is 2.